The van der Waals surface area contributed by atoms with E-state index in [0.717, 1.165) is 25.0 Å². The predicted octanol–water partition coefficient (Wildman–Crippen LogP) is 4.16. The predicted molar refractivity (Wildman–Crippen MR) is 105 cm³/mol. The molecule has 1 heterocycles. The Hall–Kier alpha value is -2.44. The summed E-state index contributed by atoms with van der Waals surface area (Å²) in [7, 11) is 0. The van der Waals surface area contributed by atoms with Crippen molar-refractivity contribution < 1.29 is 13.9 Å². The van der Waals surface area contributed by atoms with Crippen molar-refractivity contribution in [1.29, 1.82) is 0 Å². The molecule has 1 amide bonds. The van der Waals surface area contributed by atoms with E-state index in [4.69, 9.17) is 16.3 Å². The third-order valence-corrected chi connectivity index (χ3v) is 4.46. The van der Waals surface area contributed by atoms with Gasteiger partial charge in [-0.05, 0) is 50.1 Å². The Morgan fingerprint density at radius 3 is 2.89 bits per heavy atom. The molecule has 0 radical (unpaired) electrons. The number of hydrogen-bond acceptors (Lipinski definition) is 3. The van der Waals surface area contributed by atoms with Crippen molar-refractivity contribution in [1.82, 2.24) is 5.32 Å². The van der Waals surface area contributed by atoms with Gasteiger partial charge in [-0.25, -0.2) is 9.38 Å². The number of amides is 1. The molecular weight excluding hydrogens is 369 g/mol. The van der Waals surface area contributed by atoms with Crippen molar-refractivity contribution in [3.8, 4) is 0 Å². The van der Waals surface area contributed by atoms with E-state index in [1.54, 1.807) is 12.1 Å². The average molecular weight is 390 g/mol. The van der Waals surface area contributed by atoms with Gasteiger partial charge in [-0.1, -0.05) is 29.3 Å². The first kappa shape index (κ1) is 19.3. The third-order valence-electron chi connectivity index (χ3n) is 4.17. The molecule has 0 saturated carbocycles. The fraction of sp³-hybridized carbons (Fsp3) is 0.300. The quantitative estimate of drug-likeness (QED) is 0.609. The fourth-order valence-electron chi connectivity index (χ4n) is 2.77. The lowest BCUT2D eigenvalue weighted by Gasteiger charge is -2.14. The summed E-state index contributed by atoms with van der Waals surface area (Å²) in [5.41, 5.74) is 2.04. The standard InChI is InChI=1S/C20H21ClFN3O2/c1-13-4-2-5-14(10-13)19(26)25-20(23-12-16-6-3-9-27-16)24-15-7-8-18(22)17(21)11-15/h2,4-5,7-8,10-11,16H,3,6,9,12H2,1H3,(H2,23,24,25,26)/t16-/m0/s1. The molecule has 7 heteroatoms. The number of halogens is 2. The molecule has 27 heavy (non-hydrogen) atoms. The van der Waals surface area contributed by atoms with Gasteiger partial charge in [0, 0.05) is 17.9 Å². The normalized spacial score (nSPS) is 17.0. The summed E-state index contributed by atoms with van der Waals surface area (Å²) in [6.07, 6.45) is 1.98. The molecule has 2 N–H and O–H groups in total. The van der Waals surface area contributed by atoms with Gasteiger partial charge in [0.1, 0.15) is 5.82 Å². The largest absolute Gasteiger partial charge is 0.376 e. The molecule has 0 bridgehead atoms. The zero-order chi connectivity index (χ0) is 19.2. The molecular formula is C20H21ClFN3O2. The maximum atomic E-state index is 13.4. The molecule has 1 fully saturated rings. The molecule has 0 spiro atoms. The van der Waals surface area contributed by atoms with Crippen LogP contribution in [0.4, 0.5) is 10.1 Å². The first-order chi connectivity index (χ1) is 13.0. The van der Waals surface area contributed by atoms with Crippen molar-refractivity contribution >= 4 is 29.2 Å². The van der Waals surface area contributed by atoms with Crippen LogP contribution in [0, 0.1) is 12.7 Å². The molecule has 1 aliphatic heterocycles. The summed E-state index contributed by atoms with van der Waals surface area (Å²) in [4.78, 5) is 17.0. The maximum absolute atomic E-state index is 13.4. The van der Waals surface area contributed by atoms with Crippen LogP contribution in [-0.4, -0.2) is 31.1 Å². The van der Waals surface area contributed by atoms with Gasteiger partial charge in [-0.15, -0.1) is 0 Å². The van der Waals surface area contributed by atoms with E-state index in [9.17, 15) is 9.18 Å². The number of nitrogens with one attached hydrogen (secondary N) is 2. The molecule has 1 atom stereocenters. The minimum absolute atomic E-state index is 0.0107. The SMILES string of the molecule is Cc1cccc(C(=O)NC(=NC[C@@H]2CCCO2)Nc2ccc(F)c(Cl)c2)c1. The van der Waals surface area contributed by atoms with Gasteiger partial charge < -0.3 is 10.1 Å². The van der Waals surface area contributed by atoms with Crippen molar-refractivity contribution in [3.05, 3.63) is 64.4 Å². The minimum atomic E-state index is -0.510. The number of carbonyl (C=O) groups is 1. The molecule has 1 aliphatic rings. The number of hydrogen-bond donors (Lipinski definition) is 2. The van der Waals surface area contributed by atoms with Crippen molar-refractivity contribution in [3.63, 3.8) is 0 Å². The molecule has 2 aromatic carbocycles. The van der Waals surface area contributed by atoms with Gasteiger partial charge in [-0.2, -0.15) is 0 Å². The highest BCUT2D eigenvalue weighted by molar-refractivity contribution is 6.31. The summed E-state index contributed by atoms with van der Waals surface area (Å²) in [6, 6.07) is 11.5. The first-order valence-electron chi connectivity index (χ1n) is 8.77. The number of nitrogens with zero attached hydrogens (tertiary/aromatic N) is 1. The Kier molecular flexibility index (Phi) is 6.42. The number of guanidine groups is 1. The Bertz CT molecular complexity index is 851. The number of benzene rings is 2. The van der Waals surface area contributed by atoms with Crippen molar-refractivity contribution in [2.45, 2.75) is 25.9 Å². The Labute approximate surface area is 162 Å². The van der Waals surface area contributed by atoms with Gasteiger partial charge >= 0.3 is 0 Å². The molecule has 2 aromatic rings. The number of carbonyl (C=O) groups excluding carboxylic acids is 1. The summed E-state index contributed by atoms with van der Waals surface area (Å²) in [5, 5.41) is 5.76. The van der Waals surface area contributed by atoms with Gasteiger partial charge in [0.2, 0.25) is 5.96 Å². The van der Waals surface area contributed by atoms with E-state index >= 15 is 0 Å². The number of ether oxygens (including phenoxy) is 1. The van der Waals surface area contributed by atoms with Crippen LogP contribution >= 0.6 is 11.6 Å². The Morgan fingerprint density at radius 1 is 1.33 bits per heavy atom. The van der Waals surface area contributed by atoms with E-state index in [1.807, 2.05) is 19.1 Å². The lowest BCUT2D eigenvalue weighted by molar-refractivity contribution is 0.0975. The first-order valence-corrected chi connectivity index (χ1v) is 9.15. The van der Waals surface area contributed by atoms with Gasteiger partial charge in [-0.3, -0.25) is 10.1 Å². The van der Waals surface area contributed by atoms with E-state index < -0.39 is 5.82 Å². The number of rotatable bonds is 4. The van der Waals surface area contributed by atoms with Crippen LogP contribution in [0.25, 0.3) is 0 Å². The van der Waals surface area contributed by atoms with Crippen molar-refractivity contribution in [2.75, 3.05) is 18.5 Å². The van der Waals surface area contributed by atoms with E-state index in [-0.39, 0.29) is 23.0 Å². The molecule has 5 nitrogen and oxygen atoms in total. The van der Waals surface area contributed by atoms with Gasteiger partial charge in [0.15, 0.2) is 0 Å². The Balaban J connectivity index is 1.76. The van der Waals surface area contributed by atoms with E-state index in [1.165, 1.54) is 18.2 Å². The van der Waals surface area contributed by atoms with Crippen LogP contribution in [0.1, 0.15) is 28.8 Å². The lowest BCUT2D eigenvalue weighted by Crippen LogP contribution is -2.36. The van der Waals surface area contributed by atoms with Crippen molar-refractivity contribution in [2.24, 2.45) is 4.99 Å². The number of aliphatic imine (C=N–C) groups is 1. The highest BCUT2D eigenvalue weighted by atomic mass is 35.5. The van der Waals surface area contributed by atoms with Crippen LogP contribution in [-0.2, 0) is 4.74 Å². The third kappa shape index (κ3) is 5.52. The number of aryl methyl sites for hydroxylation is 1. The zero-order valence-electron chi connectivity index (χ0n) is 15.0. The van der Waals surface area contributed by atoms with Gasteiger partial charge in [0.05, 0.1) is 17.7 Å². The molecule has 0 aromatic heterocycles. The minimum Gasteiger partial charge on any atom is -0.376 e. The molecule has 0 unspecified atom stereocenters. The summed E-state index contributed by atoms with van der Waals surface area (Å²) < 4.78 is 19.0. The molecule has 1 saturated heterocycles. The maximum Gasteiger partial charge on any atom is 0.257 e. The van der Waals surface area contributed by atoms with Crippen LogP contribution in [0.5, 0.6) is 0 Å². The van der Waals surface area contributed by atoms with Crippen LogP contribution in [0.15, 0.2) is 47.5 Å². The summed E-state index contributed by atoms with van der Waals surface area (Å²) >= 11 is 5.83. The lowest BCUT2D eigenvalue weighted by atomic mass is 10.1. The van der Waals surface area contributed by atoms with Gasteiger partial charge in [0.25, 0.3) is 5.91 Å². The highest BCUT2D eigenvalue weighted by Crippen LogP contribution is 2.19. The Morgan fingerprint density at radius 2 is 2.19 bits per heavy atom. The topological polar surface area (TPSA) is 62.7 Å². The van der Waals surface area contributed by atoms with E-state index in [0.29, 0.717) is 17.8 Å². The summed E-state index contributed by atoms with van der Waals surface area (Å²) in [5.74, 6) is -0.533. The van der Waals surface area contributed by atoms with Crippen LogP contribution < -0.4 is 10.6 Å². The highest BCUT2D eigenvalue weighted by Gasteiger charge is 2.16. The molecule has 3 rings (SSSR count). The van der Waals surface area contributed by atoms with E-state index in [2.05, 4.69) is 15.6 Å². The zero-order valence-corrected chi connectivity index (χ0v) is 15.7. The molecule has 142 valence electrons. The second kappa shape index (κ2) is 8.97. The fourth-order valence-corrected chi connectivity index (χ4v) is 2.95. The average Bonchev–Trinajstić information content (AvgIpc) is 3.16. The summed E-state index contributed by atoms with van der Waals surface area (Å²) in [6.45, 7) is 3.07. The monoisotopic (exact) mass is 389 g/mol. The van der Waals surface area contributed by atoms with Crippen LogP contribution in [0.3, 0.4) is 0 Å². The second-order valence-electron chi connectivity index (χ2n) is 6.40. The second-order valence-corrected chi connectivity index (χ2v) is 6.81. The van der Waals surface area contributed by atoms with Crippen LogP contribution in [0.2, 0.25) is 5.02 Å². The smallest absolute Gasteiger partial charge is 0.257 e. The number of anilines is 1. The molecule has 0 aliphatic carbocycles.